The third-order valence-electron chi connectivity index (χ3n) is 2.97. The van der Waals surface area contributed by atoms with E-state index in [-0.39, 0.29) is 33.5 Å². The molecule has 0 aliphatic carbocycles. The van der Waals surface area contributed by atoms with Crippen LogP contribution < -0.4 is 4.74 Å². The lowest BCUT2D eigenvalue weighted by Crippen LogP contribution is -2.02. The van der Waals surface area contributed by atoms with Gasteiger partial charge in [0.15, 0.2) is 11.5 Å². The highest BCUT2D eigenvalue weighted by molar-refractivity contribution is 6.32. The highest BCUT2D eigenvalue weighted by atomic mass is 35.5. The second kappa shape index (κ2) is 6.81. The van der Waals surface area contributed by atoms with Crippen LogP contribution in [0.3, 0.4) is 0 Å². The van der Waals surface area contributed by atoms with E-state index in [1.807, 2.05) is 6.07 Å². The molecule has 0 spiro atoms. The standard InChI is InChI=1S/C16H11ClN2O4/c1-23-14-7-9(6-11(17)15(14)20)2-4-12-10(8-18)3-5-13(19-12)16(21)22/h2-7,20H,1H3,(H,21,22)/b4-2+. The molecule has 1 aromatic carbocycles. The van der Waals surface area contributed by atoms with E-state index in [0.717, 1.165) is 0 Å². The van der Waals surface area contributed by atoms with Crippen molar-refractivity contribution in [1.82, 2.24) is 4.98 Å². The molecule has 0 amide bonds. The Hall–Kier alpha value is -3.04. The van der Waals surface area contributed by atoms with Gasteiger partial charge in [0.25, 0.3) is 0 Å². The number of hydrogen-bond donors (Lipinski definition) is 2. The molecule has 0 aliphatic rings. The van der Waals surface area contributed by atoms with E-state index in [4.69, 9.17) is 26.7 Å². The predicted molar refractivity (Wildman–Crippen MR) is 84.5 cm³/mol. The van der Waals surface area contributed by atoms with Gasteiger partial charge in [-0.25, -0.2) is 9.78 Å². The Morgan fingerprint density at radius 2 is 2.13 bits per heavy atom. The van der Waals surface area contributed by atoms with Crippen LogP contribution in [0.15, 0.2) is 24.3 Å². The number of carbonyl (C=O) groups is 1. The summed E-state index contributed by atoms with van der Waals surface area (Å²) in [7, 11) is 1.39. The van der Waals surface area contributed by atoms with Crippen molar-refractivity contribution in [3.63, 3.8) is 0 Å². The summed E-state index contributed by atoms with van der Waals surface area (Å²) < 4.78 is 5.00. The summed E-state index contributed by atoms with van der Waals surface area (Å²) in [5.41, 5.74) is 0.889. The molecule has 116 valence electrons. The SMILES string of the molecule is COc1cc(/C=C/c2nc(C(=O)O)ccc2C#N)cc(Cl)c1O. The third kappa shape index (κ3) is 3.59. The van der Waals surface area contributed by atoms with Gasteiger partial charge in [-0.3, -0.25) is 0 Å². The molecule has 0 atom stereocenters. The minimum absolute atomic E-state index is 0.108. The zero-order chi connectivity index (χ0) is 17.0. The number of carboxylic acids is 1. The first-order chi connectivity index (χ1) is 11.0. The number of hydrogen-bond acceptors (Lipinski definition) is 5. The molecule has 0 unspecified atom stereocenters. The molecule has 1 heterocycles. The molecule has 0 fully saturated rings. The average molecular weight is 331 g/mol. The van der Waals surface area contributed by atoms with Crippen LogP contribution in [0.2, 0.25) is 5.02 Å². The van der Waals surface area contributed by atoms with E-state index in [1.165, 1.54) is 31.4 Å². The lowest BCUT2D eigenvalue weighted by Gasteiger charge is -2.06. The van der Waals surface area contributed by atoms with Gasteiger partial charge in [0.1, 0.15) is 11.8 Å². The van der Waals surface area contributed by atoms with Crippen molar-refractivity contribution in [3.05, 3.63) is 51.8 Å². The Balaban J connectivity index is 2.44. The number of rotatable bonds is 4. The fraction of sp³-hybridized carbons (Fsp3) is 0.0625. The fourth-order valence-electron chi connectivity index (χ4n) is 1.84. The first-order valence-corrected chi connectivity index (χ1v) is 6.73. The number of aromatic hydroxyl groups is 1. The number of pyridine rings is 1. The van der Waals surface area contributed by atoms with Gasteiger partial charge >= 0.3 is 5.97 Å². The van der Waals surface area contributed by atoms with Crippen LogP contribution in [0.25, 0.3) is 12.2 Å². The zero-order valence-electron chi connectivity index (χ0n) is 11.9. The lowest BCUT2D eigenvalue weighted by atomic mass is 10.1. The number of aromatic carboxylic acids is 1. The molecular formula is C16H11ClN2O4. The maximum atomic E-state index is 11.0. The monoisotopic (exact) mass is 330 g/mol. The molecule has 7 heteroatoms. The van der Waals surface area contributed by atoms with Crippen LogP contribution >= 0.6 is 11.6 Å². The van der Waals surface area contributed by atoms with Crippen LogP contribution in [0.4, 0.5) is 0 Å². The second-order valence-corrected chi connectivity index (χ2v) is 4.84. The molecule has 1 aromatic heterocycles. The summed E-state index contributed by atoms with van der Waals surface area (Å²) in [6, 6.07) is 7.64. The van der Waals surface area contributed by atoms with Crippen LogP contribution in [-0.4, -0.2) is 28.3 Å². The number of phenolic OH excluding ortho intramolecular Hbond substituents is 1. The molecule has 6 nitrogen and oxygen atoms in total. The van der Waals surface area contributed by atoms with Crippen molar-refractivity contribution < 1.29 is 19.7 Å². The highest BCUT2D eigenvalue weighted by Gasteiger charge is 2.10. The predicted octanol–water partition coefficient (Wildman–Crippen LogP) is 3.19. The number of nitrogens with zero attached hydrogens (tertiary/aromatic N) is 2. The van der Waals surface area contributed by atoms with E-state index < -0.39 is 5.97 Å². The summed E-state index contributed by atoms with van der Waals surface area (Å²) in [4.78, 5) is 14.9. The number of carboxylic acid groups (broad SMARTS) is 1. The van der Waals surface area contributed by atoms with Crippen LogP contribution in [0, 0.1) is 11.3 Å². The van der Waals surface area contributed by atoms with Crippen molar-refractivity contribution in [3.8, 4) is 17.6 Å². The smallest absolute Gasteiger partial charge is 0.354 e. The fourth-order valence-corrected chi connectivity index (χ4v) is 2.06. The van der Waals surface area contributed by atoms with Gasteiger partial charge in [-0.15, -0.1) is 0 Å². The molecule has 2 aromatic rings. The molecule has 0 bridgehead atoms. The molecule has 0 saturated carbocycles. The van der Waals surface area contributed by atoms with Crippen molar-refractivity contribution in [1.29, 1.82) is 5.26 Å². The minimum atomic E-state index is -1.18. The quantitative estimate of drug-likeness (QED) is 0.892. The number of halogens is 1. The number of phenols is 1. The molecular weight excluding hydrogens is 320 g/mol. The number of ether oxygens (including phenoxy) is 1. The van der Waals surface area contributed by atoms with Crippen molar-refractivity contribution in [2.45, 2.75) is 0 Å². The summed E-state index contributed by atoms with van der Waals surface area (Å²) >= 11 is 5.90. The maximum Gasteiger partial charge on any atom is 0.354 e. The van der Waals surface area contributed by atoms with Crippen LogP contribution in [-0.2, 0) is 0 Å². The molecule has 0 radical (unpaired) electrons. The van der Waals surface area contributed by atoms with E-state index in [9.17, 15) is 9.90 Å². The summed E-state index contributed by atoms with van der Waals surface area (Å²) in [6.45, 7) is 0. The second-order valence-electron chi connectivity index (χ2n) is 4.43. The van der Waals surface area contributed by atoms with Gasteiger partial charge in [-0.05, 0) is 35.9 Å². The number of aromatic nitrogens is 1. The Morgan fingerprint density at radius 1 is 1.39 bits per heavy atom. The highest BCUT2D eigenvalue weighted by Crippen LogP contribution is 2.35. The zero-order valence-corrected chi connectivity index (χ0v) is 12.7. The van der Waals surface area contributed by atoms with Gasteiger partial charge in [0, 0.05) is 0 Å². The van der Waals surface area contributed by atoms with Crippen molar-refractivity contribution in [2.75, 3.05) is 7.11 Å². The minimum Gasteiger partial charge on any atom is -0.503 e. The Bertz CT molecular complexity index is 841. The van der Waals surface area contributed by atoms with E-state index in [1.54, 1.807) is 12.1 Å². The van der Waals surface area contributed by atoms with E-state index in [2.05, 4.69) is 4.98 Å². The van der Waals surface area contributed by atoms with Crippen molar-refractivity contribution >= 4 is 29.7 Å². The average Bonchev–Trinajstić information content (AvgIpc) is 2.55. The van der Waals surface area contributed by atoms with Gasteiger partial charge in [0.2, 0.25) is 0 Å². The Morgan fingerprint density at radius 3 is 2.74 bits per heavy atom. The van der Waals surface area contributed by atoms with Crippen molar-refractivity contribution in [2.24, 2.45) is 0 Å². The topological polar surface area (TPSA) is 103 Å². The summed E-state index contributed by atoms with van der Waals surface area (Å²) in [5.74, 6) is -1.15. The summed E-state index contributed by atoms with van der Waals surface area (Å²) in [6.07, 6.45) is 3.08. The van der Waals surface area contributed by atoms with E-state index >= 15 is 0 Å². The number of benzene rings is 1. The molecule has 0 aliphatic heterocycles. The Kier molecular flexibility index (Phi) is 4.84. The summed E-state index contributed by atoms with van der Waals surface area (Å²) in [5, 5.41) is 27.8. The molecule has 0 saturated heterocycles. The van der Waals surface area contributed by atoms with Gasteiger partial charge in [-0.2, -0.15) is 5.26 Å². The maximum absolute atomic E-state index is 11.0. The van der Waals surface area contributed by atoms with Gasteiger partial charge < -0.3 is 14.9 Å². The first kappa shape index (κ1) is 16.3. The first-order valence-electron chi connectivity index (χ1n) is 6.35. The molecule has 2 rings (SSSR count). The number of methoxy groups -OCH3 is 1. The van der Waals surface area contributed by atoms with Crippen LogP contribution in [0.1, 0.15) is 27.3 Å². The van der Waals surface area contributed by atoms with Gasteiger partial charge in [-0.1, -0.05) is 17.7 Å². The van der Waals surface area contributed by atoms with Gasteiger partial charge in [0.05, 0.1) is 23.4 Å². The van der Waals surface area contributed by atoms with E-state index in [0.29, 0.717) is 5.56 Å². The lowest BCUT2D eigenvalue weighted by molar-refractivity contribution is 0.0690. The molecule has 23 heavy (non-hydrogen) atoms. The normalized spacial score (nSPS) is 10.5. The molecule has 2 N–H and O–H groups in total. The number of nitriles is 1. The van der Waals surface area contributed by atoms with Crippen LogP contribution in [0.5, 0.6) is 11.5 Å². The third-order valence-corrected chi connectivity index (χ3v) is 3.26. The Labute approximate surface area is 136 Å². The largest absolute Gasteiger partial charge is 0.503 e.